The van der Waals surface area contributed by atoms with Crippen molar-refractivity contribution in [1.29, 1.82) is 0 Å². The van der Waals surface area contributed by atoms with E-state index in [2.05, 4.69) is 58.8 Å². The van der Waals surface area contributed by atoms with E-state index in [1.165, 1.54) is 16.0 Å². The summed E-state index contributed by atoms with van der Waals surface area (Å²) in [7, 11) is 0. The van der Waals surface area contributed by atoms with Gasteiger partial charge < -0.3 is 10.6 Å². The van der Waals surface area contributed by atoms with Crippen LogP contribution in [0.5, 0.6) is 0 Å². The molecule has 2 heterocycles. The van der Waals surface area contributed by atoms with Crippen LogP contribution in [0, 0.1) is 0 Å². The second kappa shape index (κ2) is 9.87. The van der Waals surface area contributed by atoms with Gasteiger partial charge in [-0.3, -0.25) is 4.68 Å². The molecule has 2 aromatic heterocycles. The largest absolute Gasteiger partial charge is 0.357 e. The Hall–Kier alpha value is -2.67. The highest BCUT2D eigenvalue weighted by Gasteiger charge is 2.05. The predicted molar refractivity (Wildman–Crippen MR) is 111 cm³/mol. The minimum absolute atomic E-state index is 0.616. The number of nitrogens with zero attached hydrogens (tertiary/aromatic N) is 4. The van der Waals surface area contributed by atoms with Gasteiger partial charge in [0, 0.05) is 30.0 Å². The number of nitrogens with one attached hydrogen (secondary N) is 2. The van der Waals surface area contributed by atoms with Gasteiger partial charge in [-0.2, -0.15) is 5.10 Å². The molecule has 0 unspecified atom stereocenters. The molecule has 0 amide bonds. The van der Waals surface area contributed by atoms with E-state index in [-0.39, 0.29) is 0 Å². The molecule has 0 radical (unpaired) electrons. The summed E-state index contributed by atoms with van der Waals surface area (Å²) in [6.07, 6.45) is 6.76. The first-order valence-electron chi connectivity index (χ1n) is 9.28. The van der Waals surface area contributed by atoms with Crippen LogP contribution in [0.25, 0.3) is 0 Å². The topological polar surface area (TPSA) is 67.1 Å². The molecule has 0 bridgehead atoms. The lowest BCUT2D eigenvalue weighted by molar-refractivity contribution is 0.680. The third-order valence-corrected chi connectivity index (χ3v) is 5.26. The van der Waals surface area contributed by atoms with Crippen molar-refractivity contribution in [2.24, 2.45) is 4.99 Å². The van der Waals surface area contributed by atoms with Crippen molar-refractivity contribution in [1.82, 2.24) is 25.4 Å². The molecule has 6 nitrogen and oxygen atoms in total. The van der Waals surface area contributed by atoms with E-state index >= 15 is 0 Å². The smallest absolute Gasteiger partial charge is 0.191 e. The average Bonchev–Trinajstić information content (AvgIpc) is 3.37. The van der Waals surface area contributed by atoms with E-state index in [0.29, 0.717) is 13.1 Å². The highest BCUT2D eigenvalue weighted by molar-refractivity contribution is 7.11. The molecule has 0 aliphatic rings. The van der Waals surface area contributed by atoms with Crippen LogP contribution in [0.4, 0.5) is 0 Å². The number of hydrogen-bond acceptors (Lipinski definition) is 4. The normalized spacial score (nSPS) is 11.6. The van der Waals surface area contributed by atoms with Gasteiger partial charge in [0.25, 0.3) is 0 Å². The number of guanidine groups is 1. The van der Waals surface area contributed by atoms with Crippen LogP contribution < -0.4 is 10.6 Å². The van der Waals surface area contributed by atoms with Gasteiger partial charge in [0.2, 0.25) is 0 Å². The van der Waals surface area contributed by atoms with Crippen molar-refractivity contribution in [2.75, 3.05) is 6.54 Å². The molecular weight excluding hydrogens is 356 g/mol. The van der Waals surface area contributed by atoms with Crippen LogP contribution in [0.3, 0.4) is 0 Å². The third-order valence-electron chi connectivity index (χ3n) is 4.12. The van der Waals surface area contributed by atoms with Gasteiger partial charge in [-0.25, -0.2) is 9.98 Å². The van der Waals surface area contributed by atoms with E-state index in [1.807, 2.05) is 23.1 Å². The third kappa shape index (κ3) is 5.65. The van der Waals surface area contributed by atoms with Crippen LogP contribution in [0.1, 0.15) is 34.9 Å². The Labute approximate surface area is 164 Å². The first kappa shape index (κ1) is 19.1. The number of hydrogen-bond donors (Lipinski definition) is 2. The van der Waals surface area contributed by atoms with Gasteiger partial charge in [0.1, 0.15) is 5.01 Å². The molecule has 0 saturated carbocycles. The molecule has 0 aliphatic heterocycles. The zero-order valence-corrected chi connectivity index (χ0v) is 16.7. The zero-order valence-electron chi connectivity index (χ0n) is 15.9. The SMILES string of the molecule is CCNC(=NCc1ccccc1Cn1cccn1)NCc1ncc(CC)s1. The van der Waals surface area contributed by atoms with E-state index in [9.17, 15) is 0 Å². The number of aromatic nitrogens is 3. The molecule has 1 aromatic carbocycles. The summed E-state index contributed by atoms with van der Waals surface area (Å²) in [5.74, 6) is 0.805. The van der Waals surface area contributed by atoms with Crippen LogP contribution in [0.2, 0.25) is 0 Å². The fourth-order valence-corrected chi connectivity index (χ4v) is 3.50. The number of aryl methyl sites for hydroxylation is 1. The van der Waals surface area contributed by atoms with E-state index in [4.69, 9.17) is 4.99 Å². The maximum absolute atomic E-state index is 4.76. The summed E-state index contributed by atoms with van der Waals surface area (Å²) in [6.45, 7) is 7.09. The molecule has 0 atom stereocenters. The van der Waals surface area contributed by atoms with E-state index in [1.54, 1.807) is 17.5 Å². The fourth-order valence-electron chi connectivity index (χ4n) is 2.69. The molecule has 0 saturated heterocycles. The minimum Gasteiger partial charge on any atom is -0.357 e. The first-order chi connectivity index (χ1) is 13.3. The molecule has 2 N–H and O–H groups in total. The Morgan fingerprint density at radius 3 is 2.70 bits per heavy atom. The molecular formula is C20H26N6S. The standard InChI is InChI=1S/C20H26N6S/c1-3-18-13-22-19(27-18)14-24-20(21-4-2)23-12-16-8-5-6-9-17(16)15-26-11-7-10-25-26/h5-11,13H,3-4,12,14-15H2,1-2H3,(H2,21,23,24). The summed E-state index contributed by atoms with van der Waals surface area (Å²) in [6, 6.07) is 10.3. The summed E-state index contributed by atoms with van der Waals surface area (Å²) in [5.41, 5.74) is 2.43. The van der Waals surface area contributed by atoms with Gasteiger partial charge in [0.15, 0.2) is 5.96 Å². The Kier molecular flexibility index (Phi) is 6.98. The van der Waals surface area contributed by atoms with Crippen molar-refractivity contribution >= 4 is 17.3 Å². The fraction of sp³-hybridized carbons (Fsp3) is 0.350. The summed E-state index contributed by atoms with van der Waals surface area (Å²) in [4.78, 5) is 10.5. The number of benzene rings is 1. The summed E-state index contributed by atoms with van der Waals surface area (Å²) in [5, 5.41) is 12.1. The van der Waals surface area contributed by atoms with Gasteiger partial charge in [-0.1, -0.05) is 31.2 Å². The quantitative estimate of drug-likeness (QED) is 0.464. The van der Waals surface area contributed by atoms with Crippen molar-refractivity contribution in [2.45, 2.75) is 39.9 Å². The average molecular weight is 383 g/mol. The van der Waals surface area contributed by atoms with Crippen LogP contribution >= 0.6 is 11.3 Å². The Balaban J connectivity index is 1.65. The number of aliphatic imine (C=N–C) groups is 1. The van der Waals surface area contributed by atoms with Crippen LogP contribution in [-0.4, -0.2) is 27.3 Å². The number of rotatable bonds is 8. The van der Waals surface area contributed by atoms with Gasteiger partial charge in [-0.15, -0.1) is 11.3 Å². The lowest BCUT2D eigenvalue weighted by atomic mass is 10.1. The Morgan fingerprint density at radius 2 is 2.00 bits per heavy atom. The van der Waals surface area contributed by atoms with E-state index < -0.39 is 0 Å². The van der Waals surface area contributed by atoms with E-state index in [0.717, 1.165) is 30.5 Å². The molecule has 0 fully saturated rings. The minimum atomic E-state index is 0.616. The second-order valence-electron chi connectivity index (χ2n) is 6.09. The molecule has 0 aliphatic carbocycles. The maximum Gasteiger partial charge on any atom is 0.191 e. The molecule has 142 valence electrons. The molecule has 7 heteroatoms. The molecule has 3 rings (SSSR count). The van der Waals surface area contributed by atoms with Gasteiger partial charge in [-0.05, 0) is 30.5 Å². The zero-order chi connectivity index (χ0) is 18.9. The lowest BCUT2D eigenvalue weighted by Crippen LogP contribution is -2.36. The summed E-state index contributed by atoms with van der Waals surface area (Å²) >= 11 is 1.75. The van der Waals surface area contributed by atoms with Crippen molar-refractivity contribution in [3.05, 3.63) is 69.9 Å². The van der Waals surface area contributed by atoms with Crippen molar-refractivity contribution < 1.29 is 0 Å². The highest BCUT2D eigenvalue weighted by atomic mass is 32.1. The number of thiazole rings is 1. The first-order valence-corrected chi connectivity index (χ1v) is 10.1. The monoisotopic (exact) mass is 382 g/mol. The molecule has 27 heavy (non-hydrogen) atoms. The van der Waals surface area contributed by atoms with Gasteiger partial charge in [0.05, 0.1) is 19.6 Å². The van der Waals surface area contributed by atoms with Gasteiger partial charge >= 0.3 is 0 Å². The predicted octanol–water partition coefficient (Wildman–Crippen LogP) is 3.21. The Bertz CT molecular complexity index is 853. The lowest BCUT2D eigenvalue weighted by Gasteiger charge is -2.12. The molecule has 0 spiro atoms. The highest BCUT2D eigenvalue weighted by Crippen LogP contribution is 2.13. The molecule has 3 aromatic rings. The van der Waals surface area contributed by atoms with Crippen LogP contribution in [-0.2, 0) is 26.1 Å². The summed E-state index contributed by atoms with van der Waals surface area (Å²) < 4.78 is 1.93. The Morgan fingerprint density at radius 1 is 1.15 bits per heavy atom. The van der Waals surface area contributed by atoms with Crippen molar-refractivity contribution in [3.63, 3.8) is 0 Å². The maximum atomic E-state index is 4.76. The van der Waals surface area contributed by atoms with Crippen molar-refractivity contribution in [3.8, 4) is 0 Å². The van der Waals surface area contributed by atoms with Crippen LogP contribution in [0.15, 0.2) is 53.9 Å². The second-order valence-corrected chi connectivity index (χ2v) is 7.29.